The van der Waals surface area contributed by atoms with Crippen LogP contribution in [0.15, 0.2) is 22.7 Å². The van der Waals surface area contributed by atoms with E-state index in [2.05, 4.69) is 15.9 Å². The van der Waals surface area contributed by atoms with Gasteiger partial charge < -0.3 is 9.84 Å². The number of halogens is 1. The highest BCUT2D eigenvalue weighted by molar-refractivity contribution is 9.10. The lowest BCUT2D eigenvalue weighted by Gasteiger charge is -2.12. The molecule has 76 valence electrons. The molecule has 1 aromatic rings. The average Bonchev–Trinajstić information content (AvgIpc) is 2.84. The van der Waals surface area contributed by atoms with Crippen molar-refractivity contribution in [1.82, 2.24) is 0 Å². The molecular formula is C11H13BrO2. The third-order valence-corrected chi connectivity index (χ3v) is 3.08. The van der Waals surface area contributed by atoms with Crippen LogP contribution in [-0.4, -0.2) is 17.8 Å². The molecule has 0 amide bonds. The first-order valence-electron chi connectivity index (χ1n) is 4.68. The molecule has 1 aliphatic carbocycles. The topological polar surface area (TPSA) is 29.5 Å². The van der Waals surface area contributed by atoms with Gasteiger partial charge in [0.05, 0.1) is 12.7 Å². The summed E-state index contributed by atoms with van der Waals surface area (Å²) in [6, 6.07) is 5.87. The summed E-state index contributed by atoms with van der Waals surface area (Å²) < 4.78 is 6.27. The Hall–Kier alpha value is -0.540. The van der Waals surface area contributed by atoms with E-state index in [1.54, 1.807) is 7.11 Å². The van der Waals surface area contributed by atoms with Crippen LogP contribution in [0.5, 0.6) is 5.75 Å². The molecule has 0 aliphatic heterocycles. The number of benzene rings is 1. The summed E-state index contributed by atoms with van der Waals surface area (Å²) in [6.07, 6.45) is 2.50. The lowest BCUT2D eigenvalue weighted by atomic mass is 10.1. The van der Waals surface area contributed by atoms with E-state index in [4.69, 9.17) is 4.74 Å². The Balaban J connectivity index is 2.25. The van der Waals surface area contributed by atoms with Gasteiger partial charge in [0, 0.05) is 10.9 Å². The maximum absolute atomic E-state index is 9.82. The number of ether oxygens (including phenoxy) is 1. The highest BCUT2D eigenvalue weighted by atomic mass is 79.9. The second-order valence-electron chi connectivity index (χ2n) is 3.86. The molecule has 1 N–H and O–H groups in total. The number of hydrogen-bond donors (Lipinski definition) is 1. The average molecular weight is 257 g/mol. The lowest BCUT2D eigenvalue weighted by Crippen LogP contribution is -2.11. The molecule has 1 aliphatic rings. The molecule has 2 nitrogen and oxygen atoms in total. The summed E-state index contributed by atoms with van der Waals surface area (Å²) in [5, 5.41) is 9.82. The molecule has 2 rings (SSSR count). The van der Waals surface area contributed by atoms with Crippen LogP contribution in [0, 0.1) is 0 Å². The summed E-state index contributed by atoms with van der Waals surface area (Å²) >= 11 is 3.42. The lowest BCUT2D eigenvalue weighted by molar-refractivity contribution is 0.150. The Morgan fingerprint density at radius 2 is 2.21 bits per heavy atom. The number of methoxy groups -OCH3 is 1. The molecule has 3 heteroatoms. The zero-order valence-electron chi connectivity index (χ0n) is 8.09. The van der Waals surface area contributed by atoms with Crippen molar-refractivity contribution in [1.29, 1.82) is 0 Å². The van der Waals surface area contributed by atoms with Crippen molar-refractivity contribution in [3.05, 3.63) is 28.2 Å². The van der Waals surface area contributed by atoms with Gasteiger partial charge in [0.25, 0.3) is 0 Å². The predicted octanol–water partition coefficient (Wildman–Crippen LogP) is 2.53. The van der Waals surface area contributed by atoms with Gasteiger partial charge in [0.15, 0.2) is 0 Å². The SMILES string of the molecule is COc1ccc(Br)cc1CC1(O)CC1. The monoisotopic (exact) mass is 256 g/mol. The summed E-state index contributed by atoms with van der Waals surface area (Å²) in [6.45, 7) is 0. The first kappa shape index (κ1) is 9.99. The fourth-order valence-corrected chi connectivity index (χ4v) is 1.97. The first-order chi connectivity index (χ1) is 6.63. The van der Waals surface area contributed by atoms with Gasteiger partial charge in [-0.15, -0.1) is 0 Å². The number of rotatable bonds is 3. The van der Waals surface area contributed by atoms with Crippen LogP contribution in [0.25, 0.3) is 0 Å². The fraction of sp³-hybridized carbons (Fsp3) is 0.455. The maximum atomic E-state index is 9.82. The third-order valence-electron chi connectivity index (χ3n) is 2.59. The summed E-state index contributed by atoms with van der Waals surface area (Å²) in [7, 11) is 1.66. The second-order valence-corrected chi connectivity index (χ2v) is 4.77. The molecule has 14 heavy (non-hydrogen) atoms. The van der Waals surface area contributed by atoms with E-state index in [0.29, 0.717) is 6.42 Å². The van der Waals surface area contributed by atoms with E-state index in [1.807, 2.05) is 18.2 Å². The Bertz CT molecular complexity index is 345. The van der Waals surface area contributed by atoms with Crippen molar-refractivity contribution in [2.45, 2.75) is 24.9 Å². The predicted molar refractivity (Wildman–Crippen MR) is 58.6 cm³/mol. The molecule has 1 saturated carbocycles. The van der Waals surface area contributed by atoms with Gasteiger partial charge in [0.1, 0.15) is 5.75 Å². The Morgan fingerprint density at radius 1 is 1.50 bits per heavy atom. The van der Waals surface area contributed by atoms with Crippen LogP contribution in [0.1, 0.15) is 18.4 Å². The fourth-order valence-electron chi connectivity index (χ4n) is 1.56. The molecule has 0 spiro atoms. The van der Waals surface area contributed by atoms with Crippen LogP contribution in [-0.2, 0) is 6.42 Å². The molecule has 1 aromatic carbocycles. The molecule has 0 aromatic heterocycles. The smallest absolute Gasteiger partial charge is 0.122 e. The number of aliphatic hydroxyl groups is 1. The zero-order chi connectivity index (χ0) is 10.2. The van der Waals surface area contributed by atoms with Gasteiger partial charge in [-0.1, -0.05) is 15.9 Å². The van der Waals surface area contributed by atoms with E-state index in [-0.39, 0.29) is 0 Å². The van der Waals surface area contributed by atoms with Gasteiger partial charge in [-0.25, -0.2) is 0 Å². The van der Waals surface area contributed by atoms with Crippen LogP contribution in [0.3, 0.4) is 0 Å². The zero-order valence-corrected chi connectivity index (χ0v) is 9.67. The Labute approximate surface area is 92.0 Å². The van der Waals surface area contributed by atoms with Gasteiger partial charge in [-0.2, -0.15) is 0 Å². The molecule has 0 saturated heterocycles. The van der Waals surface area contributed by atoms with Gasteiger partial charge >= 0.3 is 0 Å². The van der Waals surface area contributed by atoms with Crippen molar-refractivity contribution in [2.75, 3.05) is 7.11 Å². The first-order valence-corrected chi connectivity index (χ1v) is 5.47. The van der Waals surface area contributed by atoms with Crippen LogP contribution >= 0.6 is 15.9 Å². The van der Waals surface area contributed by atoms with Crippen molar-refractivity contribution in [3.8, 4) is 5.75 Å². The third kappa shape index (κ3) is 2.10. The molecule has 0 heterocycles. The molecule has 0 bridgehead atoms. The second kappa shape index (κ2) is 3.55. The minimum absolute atomic E-state index is 0.464. The van der Waals surface area contributed by atoms with E-state index in [0.717, 1.165) is 28.6 Å². The number of hydrogen-bond acceptors (Lipinski definition) is 2. The molecular weight excluding hydrogens is 244 g/mol. The minimum Gasteiger partial charge on any atom is -0.496 e. The van der Waals surface area contributed by atoms with Crippen molar-refractivity contribution >= 4 is 15.9 Å². The van der Waals surface area contributed by atoms with Crippen molar-refractivity contribution in [2.24, 2.45) is 0 Å². The Morgan fingerprint density at radius 3 is 2.79 bits per heavy atom. The quantitative estimate of drug-likeness (QED) is 0.901. The Kier molecular flexibility index (Phi) is 2.54. The van der Waals surface area contributed by atoms with Gasteiger partial charge in [-0.05, 0) is 36.6 Å². The molecule has 0 unspecified atom stereocenters. The normalized spacial score (nSPS) is 17.9. The van der Waals surface area contributed by atoms with Gasteiger partial charge in [-0.3, -0.25) is 0 Å². The van der Waals surface area contributed by atoms with Crippen LogP contribution in [0.4, 0.5) is 0 Å². The highest BCUT2D eigenvalue weighted by Crippen LogP contribution is 2.40. The van der Waals surface area contributed by atoms with E-state index >= 15 is 0 Å². The standard InChI is InChI=1S/C11H13BrO2/c1-14-10-3-2-9(12)6-8(10)7-11(13)4-5-11/h2-3,6,13H,4-5,7H2,1H3. The molecule has 1 fully saturated rings. The van der Waals surface area contributed by atoms with Crippen LogP contribution < -0.4 is 4.74 Å². The van der Waals surface area contributed by atoms with Crippen molar-refractivity contribution < 1.29 is 9.84 Å². The molecule has 0 radical (unpaired) electrons. The van der Waals surface area contributed by atoms with Crippen LogP contribution in [0.2, 0.25) is 0 Å². The maximum Gasteiger partial charge on any atom is 0.122 e. The van der Waals surface area contributed by atoms with E-state index in [1.165, 1.54) is 0 Å². The highest BCUT2D eigenvalue weighted by Gasteiger charge is 2.40. The van der Waals surface area contributed by atoms with Gasteiger partial charge in [0.2, 0.25) is 0 Å². The summed E-state index contributed by atoms with van der Waals surface area (Å²) in [5.74, 6) is 0.855. The summed E-state index contributed by atoms with van der Waals surface area (Å²) in [4.78, 5) is 0. The van der Waals surface area contributed by atoms with E-state index < -0.39 is 5.60 Å². The molecule has 0 atom stereocenters. The van der Waals surface area contributed by atoms with Crippen molar-refractivity contribution in [3.63, 3.8) is 0 Å². The minimum atomic E-state index is -0.464. The summed E-state index contributed by atoms with van der Waals surface area (Å²) in [5.41, 5.74) is 0.607. The van der Waals surface area contributed by atoms with E-state index in [9.17, 15) is 5.11 Å². The largest absolute Gasteiger partial charge is 0.496 e.